The second-order valence-corrected chi connectivity index (χ2v) is 11.1. The third-order valence-corrected chi connectivity index (χ3v) is 7.17. The first-order valence-electron chi connectivity index (χ1n) is 9.95. The molecule has 1 atom stereocenters. The SMILES string of the molecule is CCCC[n+]1cccc(CN(C)[C@H](CO)C(C)C)c1.O=S(=O)([N-]S(=O)(=O)C(F)(F)F)C(F)(F)F. The van der Waals surface area contributed by atoms with Crippen LogP contribution >= 0.6 is 0 Å². The van der Waals surface area contributed by atoms with E-state index in [0.717, 1.165) is 17.2 Å². The van der Waals surface area contributed by atoms with Gasteiger partial charge in [-0.15, -0.1) is 0 Å². The van der Waals surface area contributed by atoms with Gasteiger partial charge in [0.2, 0.25) is 0 Å². The van der Waals surface area contributed by atoms with Gasteiger partial charge in [-0.3, -0.25) is 4.90 Å². The Kier molecular flexibility index (Phi) is 12.4. The van der Waals surface area contributed by atoms with Crippen molar-refractivity contribution in [1.29, 1.82) is 0 Å². The fourth-order valence-corrected chi connectivity index (χ4v) is 4.34. The molecule has 34 heavy (non-hydrogen) atoms. The van der Waals surface area contributed by atoms with Crippen LogP contribution < -0.4 is 4.57 Å². The molecule has 0 amide bonds. The predicted octanol–water partition coefficient (Wildman–Crippen LogP) is 3.28. The van der Waals surface area contributed by atoms with Crippen LogP contribution in [0.1, 0.15) is 39.2 Å². The summed E-state index contributed by atoms with van der Waals surface area (Å²) < 4.78 is 111. The van der Waals surface area contributed by atoms with Gasteiger partial charge in [0.05, 0.1) is 6.61 Å². The summed E-state index contributed by atoms with van der Waals surface area (Å²) in [6.45, 7) is 8.72. The van der Waals surface area contributed by atoms with Crippen molar-refractivity contribution in [1.82, 2.24) is 4.90 Å². The molecule has 16 heteroatoms. The number of nitrogens with zero attached hydrogens (tertiary/aromatic N) is 3. The number of rotatable bonds is 10. The molecule has 1 aromatic rings. The van der Waals surface area contributed by atoms with E-state index in [1.165, 1.54) is 18.4 Å². The zero-order valence-electron chi connectivity index (χ0n) is 19.0. The number of unbranched alkanes of at least 4 members (excludes halogenated alkanes) is 1. The number of likely N-dealkylation sites (N-methyl/N-ethyl adjacent to an activating group) is 1. The van der Waals surface area contributed by atoms with Crippen LogP contribution in [0.3, 0.4) is 0 Å². The quantitative estimate of drug-likeness (QED) is 0.357. The lowest BCUT2D eigenvalue weighted by atomic mass is 10.0. The summed E-state index contributed by atoms with van der Waals surface area (Å²) in [5.74, 6) is 0.464. The van der Waals surface area contributed by atoms with Crippen LogP contribution in [0.5, 0.6) is 0 Å². The molecule has 0 aliphatic rings. The van der Waals surface area contributed by atoms with E-state index in [9.17, 15) is 48.3 Å². The largest absolute Gasteiger partial charge is 0.480 e. The molecule has 1 rings (SSSR count). The zero-order valence-corrected chi connectivity index (χ0v) is 20.6. The number of aromatic nitrogens is 1. The Balaban J connectivity index is 0.000000661. The Morgan fingerprint density at radius 1 is 1.06 bits per heavy atom. The zero-order chi connectivity index (χ0) is 27.0. The number of hydrogen-bond donors (Lipinski definition) is 1. The third kappa shape index (κ3) is 10.4. The highest BCUT2D eigenvalue weighted by Gasteiger charge is 2.46. The van der Waals surface area contributed by atoms with Crippen LogP contribution in [0, 0.1) is 5.92 Å². The monoisotopic (exact) mass is 545 g/mol. The van der Waals surface area contributed by atoms with Crippen molar-refractivity contribution in [3.05, 3.63) is 34.2 Å². The fourth-order valence-electron chi connectivity index (χ4n) is 2.63. The van der Waals surface area contributed by atoms with E-state index < -0.39 is 31.1 Å². The molecule has 0 saturated carbocycles. The second-order valence-electron chi connectivity index (χ2n) is 7.63. The number of hydrogen-bond acceptors (Lipinski definition) is 6. The smallest absolute Gasteiger partial charge is 0.421 e. The third-order valence-electron chi connectivity index (χ3n) is 4.43. The molecule has 8 nitrogen and oxygen atoms in total. The van der Waals surface area contributed by atoms with Gasteiger partial charge in [-0.2, -0.15) is 26.3 Å². The number of aryl methyl sites for hydroxylation is 1. The topological polar surface area (TPSA) is 110 Å². The van der Waals surface area contributed by atoms with Crippen molar-refractivity contribution >= 4 is 20.0 Å². The normalized spacial score (nSPS) is 14.1. The average Bonchev–Trinajstić information content (AvgIpc) is 2.64. The number of aliphatic hydroxyl groups is 1. The minimum atomic E-state index is -6.72. The highest BCUT2D eigenvalue weighted by atomic mass is 32.3. The maximum atomic E-state index is 11.4. The van der Waals surface area contributed by atoms with Gasteiger partial charge in [-0.05, 0) is 19.0 Å². The van der Waals surface area contributed by atoms with Crippen LogP contribution in [-0.2, 0) is 33.1 Å². The molecule has 0 aliphatic carbocycles. The van der Waals surface area contributed by atoms with Crippen molar-refractivity contribution in [3.8, 4) is 0 Å². The summed E-state index contributed by atoms with van der Waals surface area (Å²) in [6.07, 6.45) is 6.79. The van der Waals surface area contributed by atoms with Crippen LogP contribution in [-0.4, -0.2) is 57.6 Å². The first-order chi connectivity index (χ1) is 15.3. The molecule has 1 aromatic heterocycles. The summed E-state index contributed by atoms with van der Waals surface area (Å²) in [5, 5.41) is 9.47. The van der Waals surface area contributed by atoms with Crippen LogP contribution in [0.25, 0.3) is 4.13 Å². The summed E-state index contributed by atoms with van der Waals surface area (Å²) in [6, 6.07) is 4.50. The van der Waals surface area contributed by atoms with E-state index in [1.807, 2.05) is 0 Å². The maximum absolute atomic E-state index is 11.4. The molecular formula is C18H29F6N3O5S2. The first kappa shape index (κ1) is 32.5. The molecule has 200 valence electrons. The van der Waals surface area contributed by atoms with Gasteiger partial charge in [0.15, 0.2) is 32.4 Å². The van der Waals surface area contributed by atoms with E-state index >= 15 is 0 Å². The van der Waals surface area contributed by atoms with Crippen molar-refractivity contribution in [3.63, 3.8) is 0 Å². The standard InChI is InChI=1S/C16H29N2O.C2F6NO4S2/c1-5-6-9-18-10-7-8-15(12-18)11-17(4)16(13-19)14(2)3;3-1(4,5)14(10,11)9-15(12,13)2(6,7)8/h7-8,10,12,14,16,19H,5-6,9,11,13H2,1-4H3;/q+1;-1/t16-;/m1./s1. The molecule has 0 unspecified atom stereocenters. The molecule has 0 aliphatic heterocycles. The van der Waals surface area contributed by atoms with E-state index in [2.05, 4.69) is 61.8 Å². The maximum Gasteiger partial charge on any atom is 0.480 e. The Morgan fingerprint density at radius 2 is 1.56 bits per heavy atom. The summed E-state index contributed by atoms with van der Waals surface area (Å²) in [5.41, 5.74) is -11.1. The van der Waals surface area contributed by atoms with Crippen LogP contribution in [0.2, 0.25) is 0 Å². The highest BCUT2D eigenvalue weighted by molar-refractivity contribution is 8.13. The lowest BCUT2D eigenvalue weighted by Crippen LogP contribution is -2.39. The Morgan fingerprint density at radius 3 is 1.94 bits per heavy atom. The van der Waals surface area contributed by atoms with Gasteiger partial charge in [0, 0.05) is 30.6 Å². The number of aliphatic hydroxyl groups excluding tert-OH is 1. The number of alkyl halides is 6. The van der Waals surface area contributed by atoms with Gasteiger partial charge < -0.3 is 9.23 Å². The second kappa shape index (κ2) is 13.0. The van der Waals surface area contributed by atoms with E-state index in [1.54, 1.807) is 0 Å². The number of pyridine rings is 1. The molecule has 0 spiro atoms. The molecule has 0 bridgehead atoms. The van der Waals surface area contributed by atoms with Crippen LogP contribution in [0.4, 0.5) is 26.3 Å². The van der Waals surface area contributed by atoms with Crippen molar-refractivity contribution in [2.24, 2.45) is 5.92 Å². The molecular weight excluding hydrogens is 516 g/mol. The molecule has 0 aromatic carbocycles. The Bertz CT molecular complexity index is 925. The summed E-state index contributed by atoms with van der Waals surface area (Å²) in [4.78, 5) is 2.24. The molecule has 0 radical (unpaired) electrons. The van der Waals surface area contributed by atoms with Gasteiger partial charge in [-0.1, -0.05) is 27.2 Å². The van der Waals surface area contributed by atoms with Crippen LogP contribution in [0.15, 0.2) is 24.5 Å². The van der Waals surface area contributed by atoms with Gasteiger partial charge in [-0.25, -0.2) is 21.4 Å². The molecule has 1 N–H and O–H groups in total. The molecule has 0 saturated heterocycles. The summed E-state index contributed by atoms with van der Waals surface area (Å²) in [7, 11) is -11.4. The fraction of sp³-hybridized carbons (Fsp3) is 0.722. The van der Waals surface area contributed by atoms with Crippen molar-refractivity contribution in [2.45, 2.75) is 63.8 Å². The Labute approximate surface area is 195 Å². The minimum absolute atomic E-state index is 0.219. The highest BCUT2D eigenvalue weighted by Crippen LogP contribution is 2.36. The van der Waals surface area contributed by atoms with Gasteiger partial charge >= 0.3 is 11.0 Å². The average molecular weight is 546 g/mol. The van der Waals surface area contributed by atoms with E-state index in [-0.39, 0.29) is 12.6 Å². The number of sulfonamides is 2. The van der Waals surface area contributed by atoms with Gasteiger partial charge in [0.25, 0.3) is 0 Å². The minimum Gasteiger partial charge on any atom is -0.421 e. The van der Waals surface area contributed by atoms with Gasteiger partial charge in [0.1, 0.15) is 6.54 Å². The lowest BCUT2D eigenvalue weighted by molar-refractivity contribution is -0.697. The predicted molar refractivity (Wildman–Crippen MR) is 112 cm³/mol. The summed E-state index contributed by atoms with van der Waals surface area (Å²) >= 11 is 0. The van der Waals surface area contributed by atoms with E-state index in [4.69, 9.17) is 0 Å². The van der Waals surface area contributed by atoms with E-state index in [0.29, 0.717) is 5.92 Å². The lowest BCUT2D eigenvalue weighted by Gasteiger charge is -2.29. The first-order valence-corrected chi connectivity index (χ1v) is 12.8. The van der Waals surface area contributed by atoms with Crippen molar-refractivity contribution < 1.29 is 52.9 Å². The Hall–Kier alpha value is -1.49. The van der Waals surface area contributed by atoms with Crippen molar-refractivity contribution in [2.75, 3.05) is 13.7 Å². The number of halogens is 6. The molecule has 1 heterocycles. The molecule has 0 fully saturated rings.